The van der Waals surface area contributed by atoms with Crippen molar-refractivity contribution in [2.24, 2.45) is 0 Å². The molecule has 0 saturated carbocycles. The highest BCUT2D eigenvalue weighted by atomic mass is 16.3. The zero-order valence-corrected chi connectivity index (χ0v) is 24.6. The molecule has 3 aromatic carbocycles. The Kier molecular flexibility index (Phi) is 13.1. The van der Waals surface area contributed by atoms with E-state index in [0.29, 0.717) is 56.6 Å². The zero-order valence-electron chi connectivity index (χ0n) is 24.6. The van der Waals surface area contributed by atoms with Crippen LogP contribution in [0.1, 0.15) is 36.0 Å². The Morgan fingerprint density at radius 2 is 1.02 bits per heavy atom. The van der Waals surface area contributed by atoms with Gasteiger partial charge in [0.15, 0.2) is 23.0 Å². The summed E-state index contributed by atoms with van der Waals surface area (Å²) in [6.45, 7) is 1.47. The lowest BCUT2D eigenvalue weighted by Gasteiger charge is -2.21. The fraction of sp³-hybridized carbons (Fsp3) is 0.206. The number of hydrogen-bond acceptors (Lipinski definition) is 8. The molecule has 3 rings (SSSR count). The predicted molar refractivity (Wildman–Crippen MR) is 171 cm³/mol. The van der Waals surface area contributed by atoms with Gasteiger partial charge >= 0.3 is 0 Å². The number of carbonyl (C=O) groups excluding carboxylic acids is 3. The van der Waals surface area contributed by atoms with Gasteiger partial charge in [-0.2, -0.15) is 0 Å². The van der Waals surface area contributed by atoms with Crippen molar-refractivity contribution in [3.8, 4) is 28.7 Å². The second-order valence-electron chi connectivity index (χ2n) is 10.1. The lowest BCUT2D eigenvalue weighted by Crippen LogP contribution is -2.34. The van der Waals surface area contributed by atoms with Crippen molar-refractivity contribution >= 4 is 35.9 Å². The van der Waals surface area contributed by atoms with Crippen LogP contribution in [0.2, 0.25) is 0 Å². The van der Waals surface area contributed by atoms with E-state index in [4.69, 9.17) is 0 Å². The summed E-state index contributed by atoms with van der Waals surface area (Å²) in [6, 6.07) is 14.9. The fourth-order valence-electron chi connectivity index (χ4n) is 4.06. The highest BCUT2D eigenvalue weighted by Crippen LogP contribution is 2.26. The van der Waals surface area contributed by atoms with E-state index in [1.807, 2.05) is 0 Å². The van der Waals surface area contributed by atoms with E-state index in [9.17, 15) is 39.9 Å². The van der Waals surface area contributed by atoms with Crippen molar-refractivity contribution in [2.45, 2.75) is 19.3 Å². The van der Waals surface area contributed by atoms with Crippen LogP contribution in [0, 0.1) is 0 Å². The summed E-state index contributed by atoms with van der Waals surface area (Å²) in [6.07, 6.45) is 10.4. The number of hydrogen-bond donors (Lipinski definition) is 7. The standard InChI is InChI=1S/C34H37N3O8/c38-27-11-4-24(5-12-27)8-15-32(43)36-19-3-21-37(34(45)17-10-26-7-14-29(40)31(42)23-26)20-2-1-18-35-33(44)16-9-25-6-13-28(39)30(41)22-25/h4-17,22-23,38-42H,1-3,18-21H2,(H,35,44)(H,36,43)/b15-8+,16-9+,17-10+. The number of phenolic OH excluding ortho intramolecular Hbond substituents is 5. The van der Waals surface area contributed by atoms with E-state index >= 15 is 0 Å². The van der Waals surface area contributed by atoms with Crippen molar-refractivity contribution in [1.82, 2.24) is 15.5 Å². The molecule has 0 saturated heterocycles. The van der Waals surface area contributed by atoms with Gasteiger partial charge < -0.3 is 41.1 Å². The summed E-state index contributed by atoms with van der Waals surface area (Å²) in [5.74, 6) is -1.84. The minimum Gasteiger partial charge on any atom is -0.508 e. The average molecular weight is 616 g/mol. The lowest BCUT2D eigenvalue weighted by molar-refractivity contribution is -0.126. The van der Waals surface area contributed by atoms with E-state index in [1.54, 1.807) is 35.2 Å². The van der Waals surface area contributed by atoms with Gasteiger partial charge in [-0.15, -0.1) is 0 Å². The van der Waals surface area contributed by atoms with Crippen LogP contribution in [0.4, 0.5) is 0 Å². The van der Waals surface area contributed by atoms with Gasteiger partial charge in [-0.3, -0.25) is 14.4 Å². The highest BCUT2D eigenvalue weighted by Gasteiger charge is 2.11. The number of aromatic hydroxyl groups is 5. The number of benzene rings is 3. The molecule has 0 unspecified atom stereocenters. The SMILES string of the molecule is O=C(/C=C/c1ccc(O)c(O)c1)NCCCCN(CCCNC(=O)/C=C/c1ccc(O)cc1)C(=O)/C=C/c1ccc(O)c(O)c1. The summed E-state index contributed by atoms with van der Waals surface area (Å²) in [7, 11) is 0. The van der Waals surface area contributed by atoms with E-state index in [0.717, 1.165) is 5.56 Å². The molecule has 45 heavy (non-hydrogen) atoms. The van der Waals surface area contributed by atoms with Crippen LogP contribution in [-0.4, -0.2) is 74.3 Å². The van der Waals surface area contributed by atoms with E-state index in [1.165, 1.54) is 66.8 Å². The third-order valence-electron chi connectivity index (χ3n) is 6.53. The van der Waals surface area contributed by atoms with Gasteiger partial charge in [-0.25, -0.2) is 0 Å². The van der Waals surface area contributed by atoms with Gasteiger partial charge in [0.1, 0.15) is 5.75 Å². The van der Waals surface area contributed by atoms with Crippen molar-refractivity contribution in [3.63, 3.8) is 0 Å². The van der Waals surface area contributed by atoms with Crippen molar-refractivity contribution in [1.29, 1.82) is 0 Å². The Hall–Kier alpha value is -5.71. The van der Waals surface area contributed by atoms with Crippen LogP contribution >= 0.6 is 0 Å². The Bertz CT molecular complexity index is 1550. The predicted octanol–water partition coefficient (Wildman–Crippen LogP) is 3.89. The van der Waals surface area contributed by atoms with E-state index in [-0.39, 0.29) is 46.5 Å². The molecule has 3 amide bonds. The first-order chi connectivity index (χ1) is 21.6. The first kappa shape index (κ1) is 33.8. The van der Waals surface area contributed by atoms with Crippen molar-refractivity contribution in [3.05, 3.63) is 95.6 Å². The molecular weight excluding hydrogens is 578 g/mol. The number of unbranched alkanes of at least 4 members (excludes halogenated alkanes) is 1. The largest absolute Gasteiger partial charge is 0.508 e. The fourth-order valence-corrected chi connectivity index (χ4v) is 4.06. The van der Waals surface area contributed by atoms with Crippen LogP contribution in [0.15, 0.2) is 78.9 Å². The smallest absolute Gasteiger partial charge is 0.246 e. The molecule has 11 nitrogen and oxygen atoms in total. The van der Waals surface area contributed by atoms with Gasteiger partial charge in [0.2, 0.25) is 17.7 Å². The maximum atomic E-state index is 13.0. The second kappa shape index (κ2) is 17.4. The number of amides is 3. The molecule has 0 aromatic heterocycles. The van der Waals surface area contributed by atoms with Crippen LogP contribution < -0.4 is 10.6 Å². The molecule has 0 bridgehead atoms. The number of nitrogens with zero attached hydrogens (tertiary/aromatic N) is 1. The Labute approximate surface area is 261 Å². The van der Waals surface area contributed by atoms with E-state index < -0.39 is 0 Å². The molecular formula is C34H37N3O8. The molecule has 0 aliphatic heterocycles. The molecule has 11 heteroatoms. The normalized spacial score (nSPS) is 11.3. The van der Waals surface area contributed by atoms with E-state index in [2.05, 4.69) is 10.6 Å². The Balaban J connectivity index is 1.48. The Morgan fingerprint density at radius 1 is 0.556 bits per heavy atom. The molecule has 0 heterocycles. The molecule has 0 spiro atoms. The Morgan fingerprint density at radius 3 is 1.58 bits per heavy atom. The highest BCUT2D eigenvalue weighted by molar-refractivity contribution is 5.93. The van der Waals surface area contributed by atoms with Crippen LogP contribution in [0.3, 0.4) is 0 Å². The van der Waals surface area contributed by atoms with Crippen LogP contribution in [-0.2, 0) is 14.4 Å². The van der Waals surface area contributed by atoms with Crippen LogP contribution in [0.25, 0.3) is 18.2 Å². The third kappa shape index (κ3) is 12.2. The molecule has 0 aliphatic rings. The van der Waals surface area contributed by atoms with Gasteiger partial charge in [0.25, 0.3) is 0 Å². The number of nitrogens with one attached hydrogen (secondary N) is 2. The molecule has 3 aromatic rings. The summed E-state index contributed by atoms with van der Waals surface area (Å²) >= 11 is 0. The maximum absolute atomic E-state index is 13.0. The summed E-state index contributed by atoms with van der Waals surface area (Å²) in [4.78, 5) is 39.0. The lowest BCUT2D eigenvalue weighted by atomic mass is 10.2. The second-order valence-corrected chi connectivity index (χ2v) is 10.1. The first-order valence-corrected chi connectivity index (χ1v) is 14.3. The van der Waals surface area contributed by atoms with Crippen LogP contribution in [0.5, 0.6) is 28.7 Å². The number of phenols is 5. The quantitative estimate of drug-likeness (QED) is 0.0764. The molecule has 0 aliphatic carbocycles. The van der Waals surface area contributed by atoms with Crippen molar-refractivity contribution in [2.75, 3.05) is 26.2 Å². The minimum atomic E-state index is -0.328. The van der Waals surface area contributed by atoms with Gasteiger partial charge in [0, 0.05) is 44.4 Å². The molecule has 7 N–H and O–H groups in total. The number of rotatable bonds is 15. The summed E-state index contributed by atoms with van der Waals surface area (Å²) in [5, 5.41) is 53.1. The maximum Gasteiger partial charge on any atom is 0.246 e. The number of carbonyl (C=O) groups is 3. The van der Waals surface area contributed by atoms with Gasteiger partial charge in [0.05, 0.1) is 0 Å². The van der Waals surface area contributed by atoms with Gasteiger partial charge in [-0.1, -0.05) is 24.3 Å². The third-order valence-corrected chi connectivity index (χ3v) is 6.53. The molecule has 0 fully saturated rings. The first-order valence-electron chi connectivity index (χ1n) is 14.3. The van der Waals surface area contributed by atoms with Gasteiger partial charge in [-0.05, 0) is 90.6 Å². The summed E-state index contributed by atoms with van der Waals surface area (Å²) in [5.41, 5.74) is 1.84. The minimum absolute atomic E-state index is 0.137. The molecule has 236 valence electrons. The average Bonchev–Trinajstić information content (AvgIpc) is 3.02. The molecule has 0 atom stereocenters. The molecule has 0 radical (unpaired) electrons. The summed E-state index contributed by atoms with van der Waals surface area (Å²) < 4.78 is 0. The monoisotopic (exact) mass is 615 g/mol. The topological polar surface area (TPSA) is 180 Å². The zero-order chi connectivity index (χ0) is 32.6. The van der Waals surface area contributed by atoms with Crippen molar-refractivity contribution < 1.29 is 39.9 Å².